The van der Waals surface area contributed by atoms with Gasteiger partial charge in [0.2, 0.25) is 5.91 Å². The molecule has 1 saturated carbocycles. The molecule has 2 aliphatic heterocycles. The molecule has 2 N–H and O–H groups in total. The molecule has 1 unspecified atom stereocenters. The van der Waals surface area contributed by atoms with Gasteiger partial charge < -0.3 is 20.3 Å². The monoisotopic (exact) mass is 445 g/mol. The lowest BCUT2D eigenvalue weighted by Crippen LogP contribution is -2.48. The van der Waals surface area contributed by atoms with Crippen molar-refractivity contribution in [1.29, 1.82) is 5.26 Å². The van der Waals surface area contributed by atoms with Gasteiger partial charge in [-0.05, 0) is 30.7 Å². The zero-order valence-electron chi connectivity index (χ0n) is 17.2. The fourth-order valence-corrected chi connectivity index (χ4v) is 5.24. The van der Waals surface area contributed by atoms with Gasteiger partial charge in [-0.2, -0.15) is 18.4 Å². The molecule has 7 nitrogen and oxygen atoms in total. The van der Waals surface area contributed by atoms with E-state index in [-0.39, 0.29) is 32.2 Å². The van der Waals surface area contributed by atoms with Crippen molar-refractivity contribution in [2.45, 2.75) is 18.7 Å². The summed E-state index contributed by atoms with van der Waals surface area (Å²) in [5, 5.41) is 15.8. The maximum atomic E-state index is 14.2. The van der Waals surface area contributed by atoms with Crippen LogP contribution >= 0.6 is 0 Å². The number of hydrogen-bond donors (Lipinski definition) is 2. The van der Waals surface area contributed by atoms with Crippen LogP contribution in [0.25, 0.3) is 10.9 Å². The third kappa shape index (κ3) is 3.03. The number of alkyl halides is 3. The number of carbonyl (C=O) groups excluding carboxylic acids is 1. The van der Waals surface area contributed by atoms with Gasteiger partial charge in [-0.1, -0.05) is 0 Å². The highest BCUT2D eigenvalue weighted by Gasteiger charge is 2.86. The smallest absolute Gasteiger partial charge is 0.374 e. The van der Waals surface area contributed by atoms with Crippen LogP contribution in [-0.4, -0.2) is 62.5 Å². The van der Waals surface area contributed by atoms with Crippen molar-refractivity contribution >= 4 is 22.5 Å². The Kier molecular flexibility index (Phi) is 4.80. The van der Waals surface area contributed by atoms with Gasteiger partial charge in [0.25, 0.3) is 0 Å². The molecule has 3 atom stereocenters. The average Bonchev–Trinajstić information content (AvgIpc) is 3.35. The molecule has 1 amide bonds. The first-order valence-electron chi connectivity index (χ1n) is 10.5. The predicted molar refractivity (Wildman–Crippen MR) is 110 cm³/mol. The van der Waals surface area contributed by atoms with Crippen molar-refractivity contribution < 1.29 is 22.7 Å². The number of hydrogen-bond acceptors (Lipinski definition) is 6. The lowest BCUT2D eigenvalue weighted by atomic mass is 9.94. The van der Waals surface area contributed by atoms with Gasteiger partial charge in [-0.3, -0.25) is 9.78 Å². The van der Waals surface area contributed by atoms with Crippen LogP contribution in [0.1, 0.15) is 12.0 Å². The summed E-state index contributed by atoms with van der Waals surface area (Å²) in [5.74, 6) is -0.581. The van der Waals surface area contributed by atoms with Crippen molar-refractivity contribution in [2.75, 3.05) is 44.2 Å². The van der Waals surface area contributed by atoms with Crippen molar-refractivity contribution in [3.8, 4) is 6.07 Å². The third-order valence-electron chi connectivity index (χ3n) is 7.00. The Hall–Kier alpha value is -2.90. The minimum absolute atomic E-state index is 0.0436. The normalized spacial score (nSPS) is 29.4. The van der Waals surface area contributed by atoms with Crippen LogP contribution in [0, 0.1) is 22.2 Å². The molecule has 1 aliphatic carbocycles. The zero-order valence-corrected chi connectivity index (χ0v) is 17.2. The number of piperidine rings is 1. The first-order chi connectivity index (χ1) is 15.3. The Morgan fingerprint density at radius 3 is 2.94 bits per heavy atom. The number of morpholine rings is 1. The van der Waals surface area contributed by atoms with Gasteiger partial charge in [-0.25, -0.2) is 0 Å². The number of rotatable bonds is 4. The summed E-state index contributed by atoms with van der Waals surface area (Å²) < 4.78 is 48.2. The first-order valence-corrected chi connectivity index (χ1v) is 10.5. The third-order valence-corrected chi connectivity index (χ3v) is 7.00. The number of nitrogens with zero attached hydrogens (tertiary/aromatic N) is 3. The van der Waals surface area contributed by atoms with Gasteiger partial charge >= 0.3 is 6.18 Å². The summed E-state index contributed by atoms with van der Waals surface area (Å²) in [6, 6.07) is 8.70. The molecule has 0 spiro atoms. The number of anilines is 1. The minimum atomic E-state index is -4.51. The van der Waals surface area contributed by atoms with Crippen LogP contribution in [0.2, 0.25) is 0 Å². The number of pyridine rings is 1. The number of halogens is 3. The highest BCUT2D eigenvalue weighted by Crippen LogP contribution is 2.75. The van der Waals surface area contributed by atoms with Gasteiger partial charge in [0, 0.05) is 50.0 Å². The summed E-state index contributed by atoms with van der Waals surface area (Å²) in [5.41, 5.74) is -2.27. The van der Waals surface area contributed by atoms with E-state index in [2.05, 4.69) is 21.7 Å². The molecule has 3 heterocycles. The molecule has 168 valence electrons. The molecular weight excluding hydrogens is 423 g/mol. The van der Waals surface area contributed by atoms with E-state index in [0.29, 0.717) is 41.9 Å². The average molecular weight is 445 g/mol. The molecule has 3 fully saturated rings. The second kappa shape index (κ2) is 7.32. The summed E-state index contributed by atoms with van der Waals surface area (Å²) in [7, 11) is 0. The number of amides is 1. The van der Waals surface area contributed by atoms with Crippen LogP contribution in [-0.2, 0) is 9.53 Å². The van der Waals surface area contributed by atoms with Crippen molar-refractivity contribution in [1.82, 2.24) is 15.6 Å². The van der Waals surface area contributed by atoms with Crippen LogP contribution in [0.3, 0.4) is 0 Å². The maximum absolute atomic E-state index is 14.2. The molecule has 32 heavy (non-hydrogen) atoms. The van der Waals surface area contributed by atoms with Crippen molar-refractivity contribution in [3.05, 3.63) is 36.0 Å². The topological polar surface area (TPSA) is 90.3 Å². The van der Waals surface area contributed by atoms with E-state index in [9.17, 15) is 23.2 Å². The molecule has 1 aromatic heterocycles. The molecule has 10 heteroatoms. The first kappa shape index (κ1) is 21.0. The number of benzene rings is 1. The number of nitriles is 1. The summed E-state index contributed by atoms with van der Waals surface area (Å²) in [6.07, 6.45) is -3.44. The van der Waals surface area contributed by atoms with E-state index in [0.717, 1.165) is 0 Å². The number of carbonyl (C=O) groups is 1. The van der Waals surface area contributed by atoms with E-state index in [1.807, 2.05) is 0 Å². The highest BCUT2D eigenvalue weighted by molar-refractivity contribution is 5.97. The van der Waals surface area contributed by atoms with E-state index in [1.165, 1.54) is 0 Å². The lowest BCUT2D eigenvalue weighted by molar-refractivity contribution is -0.191. The Balaban J connectivity index is 1.44. The van der Waals surface area contributed by atoms with E-state index in [4.69, 9.17) is 4.74 Å². The summed E-state index contributed by atoms with van der Waals surface area (Å²) in [4.78, 5) is 18.9. The van der Waals surface area contributed by atoms with Crippen LogP contribution in [0.15, 0.2) is 30.5 Å². The second-order valence-electron chi connectivity index (χ2n) is 8.75. The fraction of sp³-hybridized carbons (Fsp3) is 0.500. The van der Waals surface area contributed by atoms with Gasteiger partial charge in [0.05, 0.1) is 29.2 Å². The lowest BCUT2D eigenvalue weighted by Gasteiger charge is -2.26. The molecule has 1 aromatic carbocycles. The van der Waals surface area contributed by atoms with Crippen LogP contribution < -0.4 is 15.5 Å². The molecule has 3 aliphatic rings. The predicted octanol–water partition coefficient (Wildman–Crippen LogP) is 1.97. The maximum Gasteiger partial charge on any atom is 0.397 e. The quantitative estimate of drug-likeness (QED) is 0.748. The van der Waals surface area contributed by atoms with Crippen LogP contribution in [0.5, 0.6) is 0 Å². The largest absolute Gasteiger partial charge is 0.397 e. The Labute approximate surface area is 182 Å². The number of nitrogens with one attached hydrogen (secondary N) is 2. The molecular formula is C22H22F3N5O2. The SMILES string of the molecule is N#Cc1ccc(N2C[C@@]3(C(=O)NCC4CNCCO4)C[C@@]3(C(F)(F)F)C2)c2cccnc12. The molecule has 5 rings (SSSR count). The summed E-state index contributed by atoms with van der Waals surface area (Å²) >= 11 is 0. The summed E-state index contributed by atoms with van der Waals surface area (Å²) in [6.45, 7) is 1.60. The highest BCUT2D eigenvalue weighted by atomic mass is 19.4. The van der Waals surface area contributed by atoms with Crippen molar-refractivity contribution in [3.63, 3.8) is 0 Å². The van der Waals surface area contributed by atoms with Crippen molar-refractivity contribution in [2.24, 2.45) is 10.8 Å². The Morgan fingerprint density at radius 1 is 1.38 bits per heavy atom. The van der Waals surface area contributed by atoms with Gasteiger partial charge in [0.15, 0.2) is 0 Å². The minimum Gasteiger partial charge on any atom is -0.374 e. The Morgan fingerprint density at radius 2 is 2.22 bits per heavy atom. The molecule has 0 radical (unpaired) electrons. The Bertz CT molecular complexity index is 1110. The molecule has 2 saturated heterocycles. The van der Waals surface area contributed by atoms with Gasteiger partial charge in [0.1, 0.15) is 11.5 Å². The van der Waals surface area contributed by atoms with E-state index < -0.39 is 22.9 Å². The zero-order chi connectivity index (χ0) is 22.6. The van der Waals surface area contributed by atoms with Crippen LogP contribution in [0.4, 0.5) is 18.9 Å². The van der Waals surface area contributed by atoms with E-state index in [1.54, 1.807) is 35.4 Å². The number of aromatic nitrogens is 1. The number of ether oxygens (including phenoxy) is 1. The molecule has 2 aromatic rings. The van der Waals surface area contributed by atoms with E-state index >= 15 is 0 Å². The molecule has 0 bridgehead atoms. The van der Waals surface area contributed by atoms with Gasteiger partial charge in [-0.15, -0.1) is 0 Å². The number of fused-ring (bicyclic) bond motifs is 2. The fourth-order valence-electron chi connectivity index (χ4n) is 5.24. The second-order valence-corrected chi connectivity index (χ2v) is 8.75. The standard InChI is InChI=1S/C22H22F3N5O2/c23-22(24,25)21-11-20(21,19(31)29-10-15-9-27-6-7-32-15)12-30(13-21)17-4-3-14(8-26)18-16(17)2-1-5-28-18/h1-5,15,27H,6-7,9-13H2,(H,29,31)/t15?,20-,21-/m1/s1.